The van der Waals surface area contributed by atoms with Gasteiger partial charge >= 0.3 is 18.1 Å². The van der Waals surface area contributed by atoms with Crippen molar-refractivity contribution in [2.45, 2.75) is 32.1 Å². The molecule has 0 heterocycles. The van der Waals surface area contributed by atoms with Gasteiger partial charge in [0.1, 0.15) is 0 Å². The van der Waals surface area contributed by atoms with Crippen molar-refractivity contribution in [3.8, 4) is 0 Å². The molecule has 132 valence electrons. The van der Waals surface area contributed by atoms with Gasteiger partial charge in [-0.05, 0) is 32.9 Å². The van der Waals surface area contributed by atoms with Crippen LogP contribution >= 0.6 is 0 Å². The van der Waals surface area contributed by atoms with Gasteiger partial charge in [-0.15, -0.1) is 0 Å². The molecular formula is C15H21N3O6. The number of hydrogen-bond donors (Lipinski definition) is 5. The van der Waals surface area contributed by atoms with E-state index < -0.39 is 29.4 Å². The summed E-state index contributed by atoms with van der Waals surface area (Å²) in [6, 6.07) is 5.17. The van der Waals surface area contributed by atoms with Crippen molar-refractivity contribution in [2.75, 3.05) is 12.4 Å². The Labute approximate surface area is 139 Å². The highest BCUT2D eigenvalue weighted by molar-refractivity contribution is 5.89. The van der Waals surface area contributed by atoms with Gasteiger partial charge in [-0.2, -0.15) is 0 Å². The molecule has 0 saturated heterocycles. The Morgan fingerprint density at radius 2 is 1.58 bits per heavy atom. The SMILES string of the molecule is CNC(=O)Nc1ccc(C(NC(=O)O)(OC(C)(C)C)C(=O)O)cc1. The molecule has 1 atom stereocenters. The van der Waals surface area contributed by atoms with E-state index in [2.05, 4.69) is 10.6 Å². The molecule has 0 bridgehead atoms. The number of carboxylic acid groups (broad SMARTS) is 2. The molecule has 24 heavy (non-hydrogen) atoms. The van der Waals surface area contributed by atoms with E-state index in [1.165, 1.54) is 31.3 Å². The van der Waals surface area contributed by atoms with Gasteiger partial charge in [0.15, 0.2) is 0 Å². The van der Waals surface area contributed by atoms with Gasteiger partial charge in [0.05, 0.1) is 5.60 Å². The van der Waals surface area contributed by atoms with Crippen LogP contribution in [0.15, 0.2) is 24.3 Å². The number of hydrogen-bond acceptors (Lipinski definition) is 4. The highest BCUT2D eigenvalue weighted by Gasteiger charge is 2.46. The van der Waals surface area contributed by atoms with Crippen molar-refractivity contribution in [3.05, 3.63) is 29.8 Å². The van der Waals surface area contributed by atoms with Gasteiger partial charge in [-0.25, -0.2) is 14.4 Å². The van der Waals surface area contributed by atoms with Crippen LogP contribution in [0, 0.1) is 0 Å². The van der Waals surface area contributed by atoms with Gasteiger partial charge in [0.2, 0.25) is 0 Å². The van der Waals surface area contributed by atoms with Crippen LogP contribution in [0.4, 0.5) is 15.3 Å². The Morgan fingerprint density at radius 1 is 1.04 bits per heavy atom. The lowest BCUT2D eigenvalue weighted by Gasteiger charge is -2.36. The molecule has 0 aliphatic carbocycles. The first kappa shape index (κ1) is 19.2. The Morgan fingerprint density at radius 3 is 1.96 bits per heavy atom. The van der Waals surface area contributed by atoms with Crippen molar-refractivity contribution in [2.24, 2.45) is 0 Å². The van der Waals surface area contributed by atoms with E-state index in [1.54, 1.807) is 20.8 Å². The molecule has 9 nitrogen and oxygen atoms in total. The Bertz CT molecular complexity index is 623. The largest absolute Gasteiger partial charge is 0.477 e. The predicted molar refractivity (Wildman–Crippen MR) is 85.8 cm³/mol. The lowest BCUT2D eigenvalue weighted by molar-refractivity contribution is -0.194. The zero-order valence-corrected chi connectivity index (χ0v) is 13.8. The molecule has 0 aromatic heterocycles. The highest BCUT2D eigenvalue weighted by Crippen LogP contribution is 2.30. The van der Waals surface area contributed by atoms with Gasteiger partial charge in [0.25, 0.3) is 5.72 Å². The summed E-state index contributed by atoms with van der Waals surface area (Å²) >= 11 is 0. The average molecular weight is 339 g/mol. The Kier molecular flexibility index (Phi) is 5.75. The van der Waals surface area contributed by atoms with Crippen LogP contribution in [0.25, 0.3) is 0 Å². The zero-order chi connectivity index (χ0) is 18.5. The van der Waals surface area contributed by atoms with Crippen molar-refractivity contribution < 1.29 is 29.3 Å². The third-order valence-corrected chi connectivity index (χ3v) is 2.82. The Hall–Kier alpha value is -2.81. The number of rotatable bonds is 5. The van der Waals surface area contributed by atoms with Crippen LogP contribution in [0.3, 0.4) is 0 Å². The highest BCUT2D eigenvalue weighted by atomic mass is 16.6. The van der Waals surface area contributed by atoms with E-state index in [1.807, 2.05) is 5.32 Å². The van der Waals surface area contributed by atoms with Crippen molar-refractivity contribution in [1.82, 2.24) is 10.6 Å². The number of carbonyl (C=O) groups is 3. The first-order valence-electron chi connectivity index (χ1n) is 7.04. The third-order valence-electron chi connectivity index (χ3n) is 2.82. The van der Waals surface area contributed by atoms with Crippen LogP contribution in [-0.2, 0) is 15.3 Å². The fourth-order valence-electron chi connectivity index (χ4n) is 1.97. The van der Waals surface area contributed by atoms with Crippen molar-refractivity contribution in [1.29, 1.82) is 0 Å². The molecule has 0 aliphatic heterocycles. The zero-order valence-electron chi connectivity index (χ0n) is 13.8. The molecule has 0 radical (unpaired) electrons. The van der Waals surface area contributed by atoms with Crippen LogP contribution < -0.4 is 16.0 Å². The van der Waals surface area contributed by atoms with Crippen LogP contribution in [-0.4, -0.2) is 41.0 Å². The maximum atomic E-state index is 11.8. The molecule has 1 rings (SSSR count). The predicted octanol–water partition coefficient (Wildman–Crippen LogP) is 1.76. The first-order valence-corrected chi connectivity index (χ1v) is 7.04. The lowest BCUT2D eigenvalue weighted by Crippen LogP contribution is -2.56. The number of carbonyl (C=O) groups excluding carboxylic acids is 1. The minimum Gasteiger partial charge on any atom is -0.477 e. The smallest absolute Gasteiger partial charge is 0.407 e. The second-order valence-electron chi connectivity index (χ2n) is 5.91. The van der Waals surface area contributed by atoms with E-state index in [4.69, 9.17) is 9.84 Å². The summed E-state index contributed by atoms with van der Waals surface area (Å²) in [6.07, 6.45) is -1.55. The van der Waals surface area contributed by atoms with E-state index in [0.29, 0.717) is 5.69 Å². The molecule has 3 amide bonds. The standard InChI is InChI=1S/C15H21N3O6/c1-14(2,3)24-15(11(19)20,18-13(22)23)9-5-7-10(8-6-9)17-12(21)16-4/h5-8,18H,1-4H3,(H,19,20)(H,22,23)(H2,16,17,21). The molecule has 0 fully saturated rings. The maximum Gasteiger partial charge on any atom is 0.407 e. The molecule has 5 N–H and O–H groups in total. The molecule has 0 saturated carbocycles. The summed E-state index contributed by atoms with van der Waals surface area (Å²) in [5.74, 6) is -1.51. The lowest BCUT2D eigenvalue weighted by atomic mass is 10.0. The van der Waals surface area contributed by atoms with Crippen LogP contribution in [0.5, 0.6) is 0 Å². The topological polar surface area (TPSA) is 137 Å². The van der Waals surface area contributed by atoms with Gasteiger partial charge < -0.3 is 25.6 Å². The monoisotopic (exact) mass is 339 g/mol. The van der Waals surface area contributed by atoms with E-state index in [0.717, 1.165) is 0 Å². The minimum atomic E-state index is -2.28. The number of aliphatic carboxylic acids is 1. The van der Waals surface area contributed by atoms with Crippen molar-refractivity contribution >= 4 is 23.8 Å². The number of carboxylic acids is 1. The summed E-state index contributed by atoms with van der Waals surface area (Å²) in [7, 11) is 1.45. The third kappa shape index (κ3) is 4.85. The summed E-state index contributed by atoms with van der Waals surface area (Å²) < 4.78 is 5.53. The molecule has 1 aromatic carbocycles. The molecule has 0 aliphatic rings. The summed E-state index contributed by atoms with van der Waals surface area (Å²) in [6.45, 7) is 4.82. The fraction of sp³-hybridized carbons (Fsp3) is 0.400. The Balaban J connectivity index is 3.30. The van der Waals surface area contributed by atoms with E-state index in [-0.39, 0.29) is 5.56 Å². The molecular weight excluding hydrogens is 318 g/mol. The molecule has 0 spiro atoms. The van der Waals surface area contributed by atoms with E-state index in [9.17, 15) is 19.5 Å². The van der Waals surface area contributed by atoms with Crippen molar-refractivity contribution in [3.63, 3.8) is 0 Å². The summed E-state index contributed by atoms with van der Waals surface area (Å²) in [5.41, 5.74) is -2.76. The molecule has 9 heteroatoms. The molecule has 1 aromatic rings. The van der Waals surface area contributed by atoms with Gasteiger partial charge in [-0.1, -0.05) is 12.1 Å². The number of urea groups is 1. The first-order chi connectivity index (χ1) is 11.0. The second kappa shape index (κ2) is 7.18. The normalized spacial score (nSPS) is 13.5. The van der Waals surface area contributed by atoms with Gasteiger partial charge in [0, 0.05) is 18.3 Å². The van der Waals surface area contributed by atoms with E-state index >= 15 is 0 Å². The number of ether oxygens (including phenoxy) is 1. The number of anilines is 1. The number of benzene rings is 1. The van der Waals surface area contributed by atoms with Gasteiger partial charge in [-0.3, -0.25) is 5.32 Å². The quantitative estimate of drug-likeness (QED) is 0.518. The summed E-state index contributed by atoms with van der Waals surface area (Å²) in [4.78, 5) is 34.2. The van der Waals surface area contributed by atoms with Crippen LogP contribution in [0.1, 0.15) is 26.3 Å². The summed E-state index contributed by atoms with van der Waals surface area (Å²) in [5, 5.41) is 25.5. The minimum absolute atomic E-state index is 0.0646. The number of amides is 3. The fourth-order valence-corrected chi connectivity index (χ4v) is 1.97. The van der Waals surface area contributed by atoms with Crippen LogP contribution in [0.2, 0.25) is 0 Å². The molecule has 1 unspecified atom stereocenters. The average Bonchev–Trinajstić information content (AvgIpc) is 2.44. The number of nitrogens with one attached hydrogen (secondary N) is 3. The maximum absolute atomic E-state index is 11.8. The second-order valence-corrected chi connectivity index (χ2v) is 5.91.